The van der Waals surface area contributed by atoms with Gasteiger partial charge >= 0.3 is 5.97 Å². The fourth-order valence-corrected chi connectivity index (χ4v) is 3.50. The first-order valence-corrected chi connectivity index (χ1v) is 8.62. The van der Waals surface area contributed by atoms with Gasteiger partial charge in [0.05, 0.1) is 6.26 Å². The van der Waals surface area contributed by atoms with Gasteiger partial charge in [0.2, 0.25) is 15.9 Å². The Morgan fingerprint density at radius 3 is 2.55 bits per heavy atom. The average molecular weight is 306 g/mol. The highest BCUT2D eigenvalue weighted by atomic mass is 32.2. The molecule has 1 saturated heterocycles. The van der Waals surface area contributed by atoms with Gasteiger partial charge in [-0.2, -0.15) is 4.31 Å². The Bertz CT molecular complexity index is 462. The molecule has 8 heteroatoms. The van der Waals surface area contributed by atoms with Crippen LogP contribution >= 0.6 is 0 Å². The highest BCUT2D eigenvalue weighted by molar-refractivity contribution is 7.88. The lowest BCUT2D eigenvalue weighted by molar-refractivity contribution is -0.142. The molecule has 1 fully saturated rings. The Balaban J connectivity index is 2.80. The Morgan fingerprint density at radius 1 is 1.40 bits per heavy atom. The van der Waals surface area contributed by atoms with Crippen LogP contribution in [0.4, 0.5) is 0 Å². The second kappa shape index (κ2) is 7.03. The van der Waals surface area contributed by atoms with Gasteiger partial charge in [-0.15, -0.1) is 0 Å². The maximum absolute atomic E-state index is 12.2. The van der Waals surface area contributed by atoms with Gasteiger partial charge in [-0.05, 0) is 19.3 Å². The summed E-state index contributed by atoms with van der Waals surface area (Å²) in [6.07, 6.45) is 3.92. The number of rotatable bonds is 6. The van der Waals surface area contributed by atoms with E-state index >= 15 is 0 Å². The van der Waals surface area contributed by atoms with Crippen molar-refractivity contribution in [2.75, 3.05) is 12.8 Å². The van der Waals surface area contributed by atoms with Crippen LogP contribution < -0.4 is 5.32 Å². The van der Waals surface area contributed by atoms with Crippen molar-refractivity contribution in [2.45, 2.75) is 51.1 Å². The molecule has 1 rings (SSSR count). The van der Waals surface area contributed by atoms with Crippen LogP contribution in [0.15, 0.2) is 0 Å². The normalized spacial score (nSPS) is 22.2. The van der Waals surface area contributed by atoms with Crippen molar-refractivity contribution in [3.05, 3.63) is 0 Å². The molecule has 20 heavy (non-hydrogen) atoms. The van der Waals surface area contributed by atoms with Crippen molar-refractivity contribution < 1.29 is 23.1 Å². The molecule has 0 aromatic rings. The Hall–Kier alpha value is -1.15. The number of carboxylic acid groups (broad SMARTS) is 1. The summed E-state index contributed by atoms with van der Waals surface area (Å²) in [5.74, 6) is -1.61. The van der Waals surface area contributed by atoms with Gasteiger partial charge in [-0.25, -0.2) is 13.2 Å². The number of hydrogen-bond donors (Lipinski definition) is 2. The zero-order chi connectivity index (χ0) is 15.3. The minimum Gasteiger partial charge on any atom is -0.480 e. The fourth-order valence-electron chi connectivity index (χ4n) is 2.38. The van der Waals surface area contributed by atoms with Crippen LogP contribution in [0, 0.1) is 0 Å². The average Bonchev–Trinajstić information content (AvgIpc) is 2.37. The van der Waals surface area contributed by atoms with Crippen LogP contribution in [0.5, 0.6) is 0 Å². The van der Waals surface area contributed by atoms with Crippen LogP contribution in [0.1, 0.15) is 39.0 Å². The highest BCUT2D eigenvalue weighted by Crippen LogP contribution is 2.20. The van der Waals surface area contributed by atoms with Crippen molar-refractivity contribution in [2.24, 2.45) is 0 Å². The Kier molecular flexibility index (Phi) is 5.94. The van der Waals surface area contributed by atoms with E-state index in [0.717, 1.165) is 17.0 Å². The number of nitrogens with zero attached hydrogens (tertiary/aromatic N) is 1. The molecular formula is C12H22N2O5S. The van der Waals surface area contributed by atoms with Crippen LogP contribution in [-0.2, 0) is 19.6 Å². The summed E-state index contributed by atoms with van der Waals surface area (Å²) >= 11 is 0. The topological polar surface area (TPSA) is 104 Å². The summed E-state index contributed by atoms with van der Waals surface area (Å²) in [4.78, 5) is 23.2. The number of carbonyl (C=O) groups excluding carboxylic acids is 1. The summed E-state index contributed by atoms with van der Waals surface area (Å²) in [5, 5.41) is 11.5. The molecule has 0 bridgehead atoms. The summed E-state index contributed by atoms with van der Waals surface area (Å²) < 4.78 is 24.5. The van der Waals surface area contributed by atoms with Crippen molar-refractivity contribution in [1.82, 2.24) is 9.62 Å². The predicted octanol–water partition coefficient (Wildman–Crippen LogP) is 0.170. The molecule has 1 heterocycles. The van der Waals surface area contributed by atoms with E-state index in [2.05, 4.69) is 5.32 Å². The molecule has 1 amide bonds. The number of carboxylic acids is 1. The van der Waals surface area contributed by atoms with E-state index in [1.165, 1.54) is 0 Å². The molecule has 0 unspecified atom stereocenters. The number of aliphatic carboxylic acids is 1. The van der Waals surface area contributed by atoms with E-state index in [1.807, 2.05) is 6.92 Å². The molecule has 0 radical (unpaired) electrons. The lowest BCUT2D eigenvalue weighted by Crippen LogP contribution is -2.54. The quantitative estimate of drug-likeness (QED) is 0.728. The standard InChI is InChI=1S/C12H22N2O5S/c1-3-6-9(12(16)17)13-11(15)10-7-4-5-8-14(10)20(2,18)19/h9-10H,3-8H2,1-2H3,(H,13,15)(H,16,17)/t9-,10-/m1/s1. The van der Waals surface area contributed by atoms with Gasteiger partial charge in [0.25, 0.3) is 0 Å². The largest absolute Gasteiger partial charge is 0.480 e. The SMILES string of the molecule is CCC[C@@H](NC(=O)[C@H]1CCCCN1S(C)(=O)=O)C(=O)O. The summed E-state index contributed by atoms with van der Waals surface area (Å²) in [6.45, 7) is 2.13. The Labute approximate surface area is 119 Å². The Morgan fingerprint density at radius 2 is 2.05 bits per heavy atom. The molecule has 7 nitrogen and oxygen atoms in total. The third kappa shape index (κ3) is 4.45. The van der Waals surface area contributed by atoms with Crippen LogP contribution in [0.2, 0.25) is 0 Å². The monoisotopic (exact) mass is 306 g/mol. The molecule has 116 valence electrons. The smallest absolute Gasteiger partial charge is 0.326 e. The molecule has 0 aliphatic carbocycles. The third-order valence-corrected chi connectivity index (χ3v) is 4.66. The van der Waals surface area contributed by atoms with E-state index < -0.39 is 34.0 Å². The van der Waals surface area contributed by atoms with Gasteiger partial charge < -0.3 is 10.4 Å². The van der Waals surface area contributed by atoms with Gasteiger partial charge in [0.1, 0.15) is 12.1 Å². The fraction of sp³-hybridized carbons (Fsp3) is 0.833. The van der Waals surface area contributed by atoms with Crippen LogP contribution in [-0.4, -0.2) is 54.6 Å². The minimum absolute atomic E-state index is 0.308. The zero-order valence-corrected chi connectivity index (χ0v) is 12.6. The van der Waals surface area contributed by atoms with E-state index in [9.17, 15) is 18.0 Å². The molecule has 2 N–H and O–H groups in total. The second-order valence-corrected chi connectivity index (χ2v) is 7.01. The van der Waals surface area contributed by atoms with E-state index in [1.54, 1.807) is 0 Å². The van der Waals surface area contributed by atoms with Gasteiger partial charge in [-0.3, -0.25) is 4.79 Å². The third-order valence-electron chi connectivity index (χ3n) is 3.37. The highest BCUT2D eigenvalue weighted by Gasteiger charge is 2.35. The van der Waals surface area contributed by atoms with Gasteiger partial charge in [0, 0.05) is 6.54 Å². The van der Waals surface area contributed by atoms with Gasteiger partial charge in [-0.1, -0.05) is 19.8 Å². The van der Waals surface area contributed by atoms with Crippen LogP contribution in [0.3, 0.4) is 0 Å². The molecule has 0 aromatic heterocycles. The number of piperidine rings is 1. The first-order valence-electron chi connectivity index (χ1n) is 6.77. The van der Waals surface area contributed by atoms with Crippen molar-refractivity contribution in [3.8, 4) is 0 Å². The van der Waals surface area contributed by atoms with E-state index in [4.69, 9.17) is 5.11 Å². The van der Waals surface area contributed by atoms with E-state index in [-0.39, 0.29) is 0 Å². The summed E-state index contributed by atoms with van der Waals surface area (Å²) in [5.41, 5.74) is 0. The summed E-state index contributed by atoms with van der Waals surface area (Å²) in [7, 11) is -3.46. The predicted molar refractivity (Wildman–Crippen MR) is 73.7 cm³/mol. The molecule has 0 spiro atoms. The zero-order valence-electron chi connectivity index (χ0n) is 11.8. The molecule has 1 aliphatic rings. The van der Waals surface area contributed by atoms with Gasteiger partial charge in [0.15, 0.2) is 0 Å². The number of hydrogen-bond acceptors (Lipinski definition) is 4. The number of sulfonamides is 1. The van der Waals surface area contributed by atoms with Crippen molar-refractivity contribution >= 4 is 21.9 Å². The molecule has 0 saturated carbocycles. The number of nitrogens with one attached hydrogen (secondary N) is 1. The number of carbonyl (C=O) groups is 2. The maximum Gasteiger partial charge on any atom is 0.326 e. The van der Waals surface area contributed by atoms with E-state index in [0.29, 0.717) is 32.2 Å². The molecule has 1 aliphatic heterocycles. The lowest BCUT2D eigenvalue weighted by atomic mass is 10.0. The van der Waals surface area contributed by atoms with Crippen molar-refractivity contribution in [1.29, 1.82) is 0 Å². The maximum atomic E-state index is 12.2. The van der Waals surface area contributed by atoms with Crippen LogP contribution in [0.25, 0.3) is 0 Å². The molecule has 2 atom stereocenters. The summed E-state index contributed by atoms with van der Waals surface area (Å²) in [6, 6.07) is -1.76. The van der Waals surface area contributed by atoms with Crippen molar-refractivity contribution in [3.63, 3.8) is 0 Å². The second-order valence-electron chi connectivity index (χ2n) is 5.07. The molecule has 0 aromatic carbocycles. The first kappa shape index (κ1) is 16.9. The lowest BCUT2D eigenvalue weighted by Gasteiger charge is -2.33. The minimum atomic E-state index is -3.46. The molecular weight excluding hydrogens is 284 g/mol. The first-order chi connectivity index (χ1) is 9.27. The number of amides is 1.